The molecule has 0 aliphatic rings. The standard InChI is InChI=1S/C36H40O4/c1-23-20-21-26(24(2)22-23)31(39-33(37)35(3,4)5)29-17-11-12-18-30(29)32(40-34(38)36(6,7)8)28-19-13-15-25-14-9-10-16-27(25)28/h9-22,31-32H,1-8H3. The number of hydrogen-bond acceptors (Lipinski definition) is 4. The Morgan fingerprint density at radius 3 is 1.60 bits per heavy atom. The topological polar surface area (TPSA) is 52.6 Å². The summed E-state index contributed by atoms with van der Waals surface area (Å²) in [6.45, 7) is 15.2. The Kier molecular flexibility index (Phi) is 8.20. The minimum atomic E-state index is -0.712. The zero-order chi connectivity index (χ0) is 29.2. The normalized spacial score (nSPS) is 13.5. The summed E-state index contributed by atoms with van der Waals surface area (Å²) < 4.78 is 12.7. The molecule has 4 aromatic rings. The van der Waals surface area contributed by atoms with Crippen LogP contribution < -0.4 is 0 Å². The summed E-state index contributed by atoms with van der Waals surface area (Å²) in [5, 5.41) is 2.06. The average Bonchev–Trinajstić information content (AvgIpc) is 2.89. The summed E-state index contributed by atoms with van der Waals surface area (Å²) in [6.07, 6.45) is -1.40. The number of ether oxygens (including phenoxy) is 2. The van der Waals surface area contributed by atoms with E-state index in [4.69, 9.17) is 9.47 Å². The predicted molar refractivity (Wildman–Crippen MR) is 161 cm³/mol. The number of fused-ring (bicyclic) bond motifs is 1. The van der Waals surface area contributed by atoms with Gasteiger partial charge in [-0.05, 0) is 77.3 Å². The van der Waals surface area contributed by atoms with Crippen LogP contribution >= 0.6 is 0 Å². The predicted octanol–water partition coefficient (Wildman–Crippen LogP) is 8.81. The van der Waals surface area contributed by atoms with Crippen LogP contribution in [0.4, 0.5) is 0 Å². The van der Waals surface area contributed by atoms with Crippen LogP contribution in [0, 0.1) is 24.7 Å². The van der Waals surface area contributed by atoms with Crippen molar-refractivity contribution in [3.8, 4) is 0 Å². The molecule has 4 heteroatoms. The number of rotatable bonds is 6. The van der Waals surface area contributed by atoms with Crippen LogP contribution in [0.1, 0.15) is 87.1 Å². The van der Waals surface area contributed by atoms with Crippen molar-refractivity contribution in [2.24, 2.45) is 10.8 Å². The lowest BCUT2D eigenvalue weighted by Gasteiger charge is -2.30. The summed E-state index contributed by atoms with van der Waals surface area (Å²) in [5.41, 5.74) is 4.09. The van der Waals surface area contributed by atoms with Crippen LogP contribution in [-0.4, -0.2) is 11.9 Å². The van der Waals surface area contributed by atoms with Crippen molar-refractivity contribution in [3.05, 3.63) is 118 Å². The van der Waals surface area contributed by atoms with Gasteiger partial charge in [-0.2, -0.15) is 0 Å². The van der Waals surface area contributed by atoms with E-state index in [-0.39, 0.29) is 11.9 Å². The van der Waals surface area contributed by atoms with Gasteiger partial charge in [0.15, 0.2) is 12.2 Å². The Bertz CT molecular complexity index is 1530. The van der Waals surface area contributed by atoms with Crippen LogP contribution in [-0.2, 0) is 19.1 Å². The highest BCUT2D eigenvalue weighted by Crippen LogP contribution is 2.41. The molecule has 208 valence electrons. The van der Waals surface area contributed by atoms with Gasteiger partial charge in [-0.1, -0.05) is 90.5 Å². The summed E-state index contributed by atoms with van der Waals surface area (Å²) in [6, 6.07) is 28.1. The largest absolute Gasteiger partial charge is 0.452 e. The monoisotopic (exact) mass is 536 g/mol. The number of aryl methyl sites for hydroxylation is 2. The average molecular weight is 537 g/mol. The van der Waals surface area contributed by atoms with E-state index in [2.05, 4.69) is 18.2 Å². The number of benzene rings is 4. The van der Waals surface area contributed by atoms with E-state index in [0.717, 1.165) is 44.2 Å². The van der Waals surface area contributed by atoms with Crippen LogP contribution in [0.25, 0.3) is 10.8 Å². The van der Waals surface area contributed by atoms with Gasteiger partial charge in [-0.3, -0.25) is 9.59 Å². The Morgan fingerprint density at radius 1 is 0.575 bits per heavy atom. The first-order valence-corrected chi connectivity index (χ1v) is 13.8. The lowest BCUT2D eigenvalue weighted by Crippen LogP contribution is -2.28. The van der Waals surface area contributed by atoms with E-state index in [1.54, 1.807) is 0 Å². The zero-order valence-corrected chi connectivity index (χ0v) is 24.9. The quantitative estimate of drug-likeness (QED) is 0.231. The summed E-state index contributed by atoms with van der Waals surface area (Å²) >= 11 is 0. The fraction of sp³-hybridized carbons (Fsp3) is 0.333. The molecule has 0 saturated carbocycles. The second kappa shape index (κ2) is 11.3. The van der Waals surface area contributed by atoms with Gasteiger partial charge in [-0.25, -0.2) is 0 Å². The molecular formula is C36H40O4. The summed E-state index contributed by atoms with van der Waals surface area (Å²) in [5.74, 6) is -0.615. The molecule has 0 amide bonds. The Balaban J connectivity index is 1.97. The number of carbonyl (C=O) groups excluding carboxylic acids is 2. The molecule has 4 nitrogen and oxygen atoms in total. The van der Waals surface area contributed by atoms with Crippen LogP contribution in [0.3, 0.4) is 0 Å². The third-order valence-electron chi connectivity index (χ3n) is 7.05. The molecule has 0 bridgehead atoms. The van der Waals surface area contributed by atoms with Crippen molar-refractivity contribution >= 4 is 22.7 Å². The molecule has 2 atom stereocenters. The minimum Gasteiger partial charge on any atom is -0.452 e. The fourth-order valence-electron chi connectivity index (χ4n) is 4.74. The highest BCUT2D eigenvalue weighted by molar-refractivity contribution is 5.87. The Labute approximate surface area is 238 Å². The molecule has 4 rings (SSSR count). The van der Waals surface area contributed by atoms with Crippen molar-refractivity contribution < 1.29 is 19.1 Å². The van der Waals surface area contributed by atoms with E-state index in [1.807, 2.05) is 122 Å². The van der Waals surface area contributed by atoms with E-state index >= 15 is 0 Å². The zero-order valence-electron chi connectivity index (χ0n) is 24.9. The highest BCUT2D eigenvalue weighted by atomic mass is 16.6. The Morgan fingerprint density at radius 2 is 1.05 bits per heavy atom. The van der Waals surface area contributed by atoms with E-state index in [9.17, 15) is 9.59 Å². The summed E-state index contributed by atoms with van der Waals surface area (Å²) in [7, 11) is 0. The smallest absolute Gasteiger partial charge is 0.312 e. The molecule has 0 aliphatic heterocycles. The van der Waals surface area contributed by atoms with Crippen molar-refractivity contribution in [1.29, 1.82) is 0 Å². The van der Waals surface area contributed by atoms with E-state index in [1.165, 1.54) is 0 Å². The second-order valence-electron chi connectivity index (χ2n) is 12.6. The molecule has 0 radical (unpaired) electrons. The minimum absolute atomic E-state index is 0.305. The molecule has 2 unspecified atom stereocenters. The van der Waals surface area contributed by atoms with Gasteiger partial charge in [0.05, 0.1) is 10.8 Å². The molecule has 4 aromatic carbocycles. The second-order valence-corrected chi connectivity index (χ2v) is 12.6. The van der Waals surface area contributed by atoms with Crippen molar-refractivity contribution in [1.82, 2.24) is 0 Å². The molecule has 0 fully saturated rings. The Hall–Kier alpha value is -3.92. The maximum absolute atomic E-state index is 13.4. The first-order valence-electron chi connectivity index (χ1n) is 13.8. The van der Waals surface area contributed by atoms with Crippen LogP contribution in [0.2, 0.25) is 0 Å². The molecule has 40 heavy (non-hydrogen) atoms. The number of carbonyl (C=O) groups is 2. The fourth-order valence-corrected chi connectivity index (χ4v) is 4.74. The summed E-state index contributed by atoms with van der Waals surface area (Å²) in [4.78, 5) is 26.7. The SMILES string of the molecule is Cc1ccc(C(OC(=O)C(C)(C)C)c2ccccc2C(OC(=O)C(C)(C)C)c2cccc3ccccc23)c(C)c1. The van der Waals surface area contributed by atoms with Gasteiger partial charge in [0.2, 0.25) is 0 Å². The van der Waals surface area contributed by atoms with Crippen molar-refractivity contribution in [3.63, 3.8) is 0 Å². The van der Waals surface area contributed by atoms with Gasteiger partial charge in [0, 0.05) is 16.7 Å². The van der Waals surface area contributed by atoms with Gasteiger partial charge in [-0.15, -0.1) is 0 Å². The number of esters is 2. The van der Waals surface area contributed by atoms with Crippen molar-refractivity contribution in [2.45, 2.75) is 67.6 Å². The van der Waals surface area contributed by atoms with Gasteiger partial charge < -0.3 is 9.47 Å². The third-order valence-corrected chi connectivity index (χ3v) is 7.05. The first-order chi connectivity index (χ1) is 18.8. The van der Waals surface area contributed by atoms with E-state index < -0.39 is 23.0 Å². The molecule has 0 spiro atoms. The third kappa shape index (κ3) is 6.28. The first kappa shape index (κ1) is 29.1. The van der Waals surface area contributed by atoms with E-state index in [0.29, 0.717) is 0 Å². The highest BCUT2D eigenvalue weighted by Gasteiger charge is 2.34. The molecule has 0 aromatic heterocycles. The van der Waals surface area contributed by atoms with Gasteiger partial charge >= 0.3 is 11.9 Å². The number of hydrogen-bond donors (Lipinski definition) is 0. The maximum atomic E-state index is 13.4. The molecule has 0 N–H and O–H groups in total. The van der Waals surface area contributed by atoms with Crippen LogP contribution in [0.15, 0.2) is 84.9 Å². The lowest BCUT2D eigenvalue weighted by molar-refractivity contribution is -0.158. The van der Waals surface area contributed by atoms with Gasteiger partial charge in [0.1, 0.15) is 0 Å². The van der Waals surface area contributed by atoms with Crippen molar-refractivity contribution in [2.75, 3.05) is 0 Å². The molecular weight excluding hydrogens is 496 g/mol. The van der Waals surface area contributed by atoms with Crippen LogP contribution in [0.5, 0.6) is 0 Å². The van der Waals surface area contributed by atoms with Gasteiger partial charge in [0.25, 0.3) is 0 Å². The molecule has 0 aliphatic carbocycles. The maximum Gasteiger partial charge on any atom is 0.312 e. The molecule has 0 saturated heterocycles. The molecule has 0 heterocycles. The lowest BCUT2D eigenvalue weighted by atomic mass is 9.87.